The van der Waals surface area contributed by atoms with Gasteiger partial charge in [-0.3, -0.25) is 9.59 Å². The molecule has 0 heterocycles. The van der Waals surface area contributed by atoms with Gasteiger partial charge < -0.3 is 14.4 Å². The maximum absolute atomic E-state index is 11.7. The fourth-order valence-corrected chi connectivity index (χ4v) is 1.88. The minimum Gasteiger partial charge on any atom is -0.465 e. The Morgan fingerprint density at radius 1 is 0.947 bits per heavy atom. The van der Waals surface area contributed by atoms with Crippen LogP contribution in [0.25, 0.3) is 0 Å². The van der Waals surface area contributed by atoms with Gasteiger partial charge in [-0.15, -0.1) is 0 Å². The zero-order valence-electron chi connectivity index (χ0n) is 12.6. The molecule has 0 aliphatic rings. The Morgan fingerprint density at radius 3 is 1.79 bits per heavy atom. The SMILES string of the molecule is CCOC(=O)C(CCCN(CC)CC)C(=O)OCC. The first-order valence-corrected chi connectivity index (χ1v) is 7.16. The summed E-state index contributed by atoms with van der Waals surface area (Å²) < 4.78 is 9.86. The molecule has 0 N–H and O–H groups in total. The molecular formula is C14H27NO4. The Balaban J connectivity index is 4.34. The fourth-order valence-electron chi connectivity index (χ4n) is 1.88. The molecule has 0 aliphatic heterocycles. The highest BCUT2D eigenvalue weighted by atomic mass is 16.6. The molecule has 0 rings (SSSR count). The maximum atomic E-state index is 11.7. The van der Waals surface area contributed by atoms with E-state index in [0.717, 1.165) is 26.1 Å². The van der Waals surface area contributed by atoms with E-state index in [1.54, 1.807) is 13.8 Å². The number of esters is 2. The minimum absolute atomic E-state index is 0.283. The quantitative estimate of drug-likeness (QED) is 0.449. The highest BCUT2D eigenvalue weighted by Crippen LogP contribution is 2.12. The van der Waals surface area contributed by atoms with Crippen molar-refractivity contribution in [3.63, 3.8) is 0 Å². The van der Waals surface area contributed by atoms with E-state index in [-0.39, 0.29) is 13.2 Å². The summed E-state index contributed by atoms with van der Waals surface area (Å²) in [5.41, 5.74) is 0. The van der Waals surface area contributed by atoms with E-state index in [9.17, 15) is 9.59 Å². The summed E-state index contributed by atoms with van der Waals surface area (Å²) >= 11 is 0. The molecule has 0 aliphatic carbocycles. The Labute approximate surface area is 116 Å². The van der Waals surface area contributed by atoms with Crippen LogP contribution in [0.1, 0.15) is 40.5 Å². The van der Waals surface area contributed by atoms with Gasteiger partial charge >= 0.3 is 11.9 Å². The average Bonchev–Trinajstić information content (AvgIpc) is 2.39. The Kier molecular flexibility index (Phi) is 10.2. The normalized spacial score (nSPS) is 10.8. The Morgan fingerprint density at radius 2 is 1.42 bits per heavy atom. The van der Waals surface area contributed by atoms with Crippen LogP contribution < -0.4 is 0 Å². The van der Waals surface area contributed by atoms with Crippen molar-refractivity contribution < 1.29 is 19.1 Å². The van der Waals surface area contributed by atoms with Gasteiger partial charge in [-0.1, -0.05) is 13.8 Å². The second kappa shape index (κ2) is 10.8. The van der Waals surface area contributed by atoms with Crippen molar-refractivity contribution in [1.29, 1.82) is 0 Å². The van der Waals surface area contributed by atoms with Crippen LogP contribution in [0.2, 0.25) is 0 Å². The molecule has 0 atom stereocenters. The topological polar surface area (TPSA) is 55.8 Å². The molecule has 0 unspecified atom stereocenters. The number of hydrogen-bond acceptors (Lipinski definition) is 5. The fraction of sp³-hybridized carbons (Fsp3) is 0.857. The molecule has 0 fully saturated rings. The molecule has 0 saturated carbocycles. The van der Waals surface area contributed by atoms with Crippen LogP contribution in [0, 0.1) is 5.92 Å². The van der Waals surface area contributed by atoms with Gasteiger partial charge in [0.1, 0.15) is 0 Å². The molecular weight excluding hydrogens is 246 g/mol. The lowest BCUT2D eigenvalue weighted by Gasteiger charge is -2.19. The number of carbonyl (C=O) groups is 2. The molecule has 112 valence electrons. The molecule has 0 aromatic heterocycles. The van der Waals surface area contributed by atoms with Gasteiger partial charge in [0.25, 0.3) is 0 Å². The summed E-state index contributed by atoms with van der Waals surface area (Å²) in [5, 5.41) is 0. The van der Waals surface area contributed by atoms with Crippen LogP contribution in [-0.4, -0.2) is 49.7 Å². The summed E-state index contributed by atoms with van der Waals surface area (Å²) in [5.74, 6) is -1.73. The summed E-state index contributed by atoms with van der Waals surface area (Å²) in [7, 11) is 0. The number of hydrogen-bond donors (Lipinski definition) is 0. The van der Waals surface area contributed by atoms with Gasteiger partial charge in [-0.05, 0) is 46.3 Å². The molecule has 5 nitrogen and oxygen atoms in total. The zero-order chi connectivity index (χ0) is 14.7. The van der Waals surface area contributed by atoms with E-state index >= 15 is 0 Å². The van der Waals surface area contributed by atoms with Crippen LogP contribution in [0.3, 0.4) is 0 Å². The lowest BCUT2D eigenvalue weighted by molar-refractivity contribution is -0.162. The van der Waals surface area contributed by atoms with Crippen molar-refractivity contribution in [2.45, 2.75) is 40.5 Å². The van der Waals surface area contributed by atoms with E-state index < -0.39 is 17.9 Å². The lowest BCUT2D eigenvalue weighted by Crippen LogP contribution is -2.30. The van der Waals surface area contributed by atoms with E-state index in [1.165, 1.54) is 0 Å². The Hall–Kier alpha value is -1.10. The second-order valence-electron chi connectivity index (χ2n) is 4.23. The third kappa shape index (κ3) is 7.15. The molecule has 0 bridgehead atoms. The molecule has 0 aromatic carbocycles. The van der Waals surface area contributed by atoms with Gasteiger partial charge in [-0.2, -0.15) is 0 Å². The van der Waals surface area contributed by atoms with Crippen molar-refractivity contribution in [1.82, 2.24) is 4.90 Å². The molecule has 5 heteroatoms. The summed E-state index contributed by atoms with van der Waals surface area (Å²) in [4.78, 5) is 25.7. The first kappa shape index (κ1) is 17.9. The number of nitrogens with zero attached hydrogens (tertiary/aromatic N) is 1. The zero-order valence-corrected chi connectivity index (χ0v) is 12.6. The number of ether oxygens (including phenoxy) is 2. The largest absolute Gasteiger partial charge is 0.465 e. The Bertz CT molecular complexity index is 246. The number of carbonyl (C=O) groups excluding carboxylic acids is 2. The van der Waals surface area contributed by atoms with Crippen LogP contribution >= 0.6 is 0 Å². The van der Waals surface area contributed by atoms with Gasteiger partial charge in [0.15, 0.2) is 5.92 Å². The molecule has 0 radical (unpaired) electrons. The molecule has 0 saturated heterocycles. The van der Waals surface area contributed by atoms with E-state index in [4.69, 9.17) is 9.47 Å². The van der Waals surface area contributed by atoms with Crippen molar-refractivity contribution in [3.8, 4) is 0 Å². The standard InChI is InChI=1S/C14H27NO4/c1-5-15(6-2)11-9-10-12(13(16)18-7-3)14(17)19-8-4/h12H,5-11H2,1-4H3. The second-order valence-corrected chi connectivity index (χ2v) is 4.23. The summed E-state index contributed by atoms with van der Waals surface area (Å²) in [6, 6.07) is 0. The third-order valence-electron chi connectivity index (χ3n) is 3.00. The van der Waals surface area contributed by atoms with Crippen LogP contribution in [0.5, 0.6) is 0 Å². The van der Waals surface area contributed by atoms with Crippen molar-refractivity contribution in [2.24, 2.45) is 5.92 Å². The predicted octanol–water partition coefficient (Wildman–Crippen LogP) is 1.85. The van der Waals surface area contributed by atoms with Crippen LogP contribution in [0.4, 0.5) is 0 Å². The average molecular weight is 273 g/mol. The van der Waals surface area contributed by atoms with E-state index in [1.807, 2.05) is 0 Å². The van der Waals surface area contributed by atoms with Crippen molar-refractivity contribution in [2.75, 3.05) is 32.8 Å². The lowest BCUT2D eigenvalue weighted by atomic mass is 10.0. The predicted molar refractivity (Wildman–Crippen MR) is 73.8 cm³/mol. The van der Waals surface area contributed by atoms with E-state index in [2.05, 4.69) is 18.7 Å². The first-order chi connectivity index (χ1) is 9.10. The molecule has 0 aromatic rings. The summed E-state index contributed by atoms with van der Waals surface area (Å²) in [6.07, 6.45) is 1.26. The molecule has 0 amide bonds. The van der Waals surface area contributed by atoms with E-state index in [0.29, 0.717) is 6.42 Å². The van der Waals surface area contributed by atoms with Gasteiger partial charge in [0, 0.05) is 0 Å². The molecule has 19 heavy (non-hydrogen) atoms. The highest BCUT2D eigenvalue weighted by molar-refractivity contribution is 5.94. The van der Waals surface area contributed by atoms with Crippen LogP contribution in [-0.2, 0) is 19.1 Å². The molecule has 0 spiro atoms. The maximum Gasteiger partial charge on any atom is 0.320 e. The minimum atomic E-state index is -0.782. The van der Waals surface area contributed by atoms with Gasteiger partial charge in [-0.25, -0.2) is 0 Å². The number of rotatable bonds is 10. The van der Waals surface area contributed by atoms with Crippen molar-refractivity contribution in [3.05, 3.63) is 0 Å². The smallest absolute Gasteiger partial charge is 0.320 e. The monoisotopic (exact) mass is 273 g/mol. The summed E-state index contributed by atoms with van der Waals surface area (Å²) in [6.45, 7) is 11.0. The third-order valence-corrected chi connectivity index (χ3v) is 3.00. The van der Waals surface area contributed by atoms with Gasteiger partial charge in [0.05, 0.1) is 13.2 Å². The van der Waals surface area contributed by atoms with Gasteiger partial charge in [0.2, 0.25) is 0 Å². The highest BCUT2D eigenvalue weighted by Gasteiger charge is 2.28. The first-order valence-electron chi connectivity index (χ1n) is 7.16. The van der Waals surface area contributed by atoms with Crippen LogP contribution in [0.15, 0.2) is 0 Å². The van der Waals surface area contributed by atoms with Crippen molar-refractivity contribution >= 4 is 11.9 Å².